The van der Waals surface area contributed by atoms with Crippen molar-refractivity contribution in [3.05, 3.63) is 23.8 Å². The molecule has 9 heteroatoms. The van der Waals surface area contributed by atoms with Gasteiger partial charge in [0.15, 0.2) is 5.79 Å². The lowest BCUT2D eigenvalue weighted by molar-refractivity contribution is -0.231. The number of likely N-dealkylation sites (N-methyl/N-ethyl adjacent to an activating group) is 1. The molecule has 0 spiro atoms. The minimum absolute atomic E-state index is 0.175. The second kappa shape index (κ2) is 9.18. The first-order chi connectivity index (χ1) is 10.8. The molecule has 0 amide bonds. The summed E-state index contributed by atoms with van der Waals surface area (Å²) in [4.78, 5) is 8.06. The molecular weight excluding hydrogens is 306 g/mol. The molecule has 7 N–H and O–H groups in total. The Morgan fingerprint density at radius 1 is 1.09 bits per heavy atom. The predicted molar refractivity (Wildman–Crippen MR) is 80.3 cm³/mol. The minimum Gasteiger partial charge on any atom is -0.395 e. The van der Waals surface area contributed by atoms with Crippen molar-refractivity contribution in [1.82, 2.24) is 15.3 Å². The zero-order valence-corrected chi connectivity index (χ0v) is 13.0. The van der Waals surface area contributed by atoms with Crippen LogP contribution in [0, 0.1) is 0 Å². The number of rotatable bonds is 10. The molecule has 1 rings (SSSR count). The van der Waals surface area contributed by atoms with Gasteiger partial charge in [-0.1, -0.05) is 6.92 Å². The maximum atomic E-state index is 10.0. The van der Waals surface area contributed by atoms with Crippen LogP contribution in [0.2, 0.25) is 0 Å². The van der Waals surface area contributed by atoms with E-state index in [0.29, 0.717) is 12.2 Å². The summed E-state index contributed by atoms with van der Waals surface area (Å²) in [6, 6.07) is -0.469. The van der Waals surface area contributed by atoms with E-state index in [1.807, 2.05) is 6.92 Å². The molecule has 0 aliphatic heterocycles. The topological polar surface area (TPSA) is 159 Å². The molecule has 0 aliphatic carbocycles. The third-order valence-corrected chi connectivity index (χ3v) is 3.45. The van der Waals surface area contributed by atoms with Gasteiger partial charge in [0, 0.05) is 25.2 Å². The fourth-order valence-corrected chi connectivity index (χ4v) is 2.05. The molecule has 0 aliphatic rings. The van der Waals surface area contributed by atoms with Crippen molar-refractivity contribution < 1.29 is 30.6 Å². The first-order valence-corrected chi connectivity index (χ1v) is 7.39. The summed E-state index contributed by atoms with van der Waals surface area (Å²) < 4.78 is 0. The molecular formula is C14H25N3O6. The van der Waals surface area contributed by atoms with Gasteiger partial charge in [-0.3, -0.25) is 9.97 Å². The van der Waals surface area contributed by atoms with Gasteiger partial charge in [-0.15, -0.1) is 0 Å². The third kappa shape index (κ3) is 6.07. The van der Waals surface area contributed by atoms with Crippen LogP contribution in [0.25, 0.3) is 0 Å². The SMILES string of the molecule is CCN[C@H](CO)[C@H](O)Cc1cnc(CC(O)(O)[C@H](O)CO)cn1. The molecule has 1 aromatic heterocycles. The van der Waals surface area contributed by atoms with Gasteiger partial charge in [-0.25, -0.2) is 0 Å². The Kier molecular flexibility index (Phi) is 7.92. The Bertz CT molecular complexity index is 456. The number of aliphatic hydroxyl groups excluding tert-OH is 4. The summed E-state index contributed by atoms with van der Waals surface area (Å²) in [5.41, 5.74) is 0.688. The summed E-state index contributed by atoms with van der Waals surface area (Å²) in [6.45, 7) is 1.46. The number of nitrogens with one attached hydrogen (secondary N) is 1. The zero-order chi connectivity index (χ0) is 17.5. The minimum atomic E-state index is -2.50. The average Bonchev–Trinajstić information content (AvgIpc) is 2.53. The van der Waals surface area contributed by atoms with Crippen molar-refractivity contribution in [1.29, 1.82) is 0 Å². The summed E-state index contributed by atoms with van der Waals surface area (Å²) in [5.74, 6) is -2.50. The van der Waals surface area contributed by atoms with Crippen LogP contribution in [0.3, 0.4) is 0 Å². The van der Waals surface area contributed by atoms with Crippen LogP contribution in [0.5, 0.6) is 0 Å². The van der Waals surface area contributed by atoms with Crippen molar-refractivity contribution in [3.8, 4) is 0 Å². The normalized spacial score (nSPS) is 16.1. The molecule has 9 nitrogen and oxygen atoms in total. The number of aromatic nitrogens is 2. The van der Waals surface area contributed by atoms with Gasteiger partial charge in [0.05, 0.1) is 36.7 Å². The smallest absolute Gasteiger partial charge is 0.197 e. The van der Waals surface area contributed by atoms with Crippen LogP contribution < -0.4 is 5.32 Å². The van der Waals surface area contributed by atoms with Crippen molar-refractivity contribution in [2.24, 2.45) is 0 Å². The van der Waals surface area contributed by atoms with Crippen LogP contribution in [0.4, 0.5) is 0 Å². The molecule has 132 valence electrons. The molecule has 23 heavy (non-hydrogen) atoms. The van der Waals surface area contributed by atoms with Crippen molar-refractivity contribution in [2.45, 2.75) is 43.8 Å². The van der Waals surface area contributed by atoms with E-state index >= 15 is 0 Å². The van der Waals surface area contributed by atoms with E-state index in [1.54, 1.807) is 0 Å². The van der Waals surface area contributed by atoms with Gasteiger partial charge >= 0.3 is 0 Å². The van der Waals surface area contributed by atoms with Crippen molar-refractivity contribution in [2.75, 3.05) is 19.8 Å². The molecule has 0 bridgehead atoms. The van der Waals surface area contributed by atoms with E-state index in [4.69, 9.17) is 5.11 Å². The summed E-state index contributed by atoms with van der Waals surface area (Å²) in [6.07, 6.45) is -0.105. The molecule has 0 fully saturated rings. The second-order valence-electron chi connectivity index (χ2n) is 5.37. The summed E-state index contributed by atoms with van der Waals surface area (Å²) in [5, 5.41) is 59.4. The summed E-state index contributed by atoms with van der Waals surface area (Å²) in [7, 11) is 0. The average molecular weight is 331 g/mol. The Labute approximate surface area is 134 Å². The first kappa shape index (κ1) is 19.8. The van der Waals surface area contributed by atoms with Gasteiger partial charge in [-0.2, -0.15) is 0 Å². The zero-order valence-electron chi connectivity index (χ0n) is 13.0. The van der Waals surface area contributed by atoms with Gasteiger partial charge in [0.2, 0.25) is 0 Å². The van der Waals surface area contributed by atoms with Crippen LogP contribution in [0.15, 0.2) is 12.4 Å². The van der Waals surface area contributed by atoms with Gasteiger partial charge in [0.25, 0.3) is 0 Å². The van der Waals surface area contributed by atoms with Crippen molar-refractivity contribution in [3.63, 3.8) is 0 Å². The molecule has 3 atom stereocenters. The number of nitrogens with zero attached hydrogens (tertiary/aromatic N) is 2. The number of hydrogen-bond acceptors (Lipinski definition) is 9. The molecule has 0 aromatic carbocycles. The lowest BCUT2D eigenvalue weighted by Gasteiger charge is -2.25. The van der Waals surface area contributed by atoms with E-state index < -0.39 is 37.1 Å². The van der Waals surface area contributed by atoms with E-state index in [9.17, 15) is 25.5 Å². The third-order valence-electron chi connectivity index (χ3n) is 3.45. The fourth-order valence-electron chi connectivity index (χ4n) is 2.05. The van der Waals surface area contributed by atoms with Crippen LogP contribution in [-0.4, -0.2) is 84.4 Å². The van der Waals surface area contributed by atoms with Crippen LogP contribution in [0.1, 0.15) is 18.3 Å². The maximum absolute atomic E-state index is 10.0. The quantitative estimate of drug-likeness (QED) is 0.221. The Balaban J connectivity index is 2.66. The molecule has 1 aromatic rings. The molecule has 0 radical (unpaired) electrons. The first-order valence-electron chi connectivity index (χ1n) is 7.39. The lowest BCUT2D eigenvalue weighted by atomic mass is 10.0. The largest absolute Gasteiger partial charge is 0.395 e. The Morgan fingerprint density at radius 3 is 2.17 bits per heavy atom. The Morgan fingerprint density at radius 2 is 1.70 bits per heavy atom. The van der Waals surface area contributed by atoms with Crippen LogP contribution in [-0.2, 0) is 12.8 Å². The van der Waals surface area contributed by atoms with E-state index in [1.165, 1.54) is 12.4 Å². The summed E-state index contributed by atoms with van der Waals surface area (Å²) >= 11 is 0. The second-order valence-corrected chi connectivity index (χ2v) is 5.37. The molecule has 0 saturated carbocycles. The number of hydrogen-bond donors (Lipinski definition) is 7. The van der Waals surface area contributed by atoms with E-state index in [0.717, 1.165) is 0 Å². The van der Waals surface area contributed by atoms with E-state index in [-0.39, 0.29) is 18.7 Å². The number of aliphatic hydroxyl groups is 6. The monoisotopic (exact) mass is 331 g/mol. The van der Waals surface area contributed by atoms with E-state index in [2.05, 4.69) is 15.3 Å². The standard InChI is InChI=1S/C14H25N3O6/c1-2-15-11(7-18)12(20)3-9-5-17-10(6-16-9)4-14(22,23)13(21)8-19/h5-6,11-13,15,18-23H,2-4,7-8H2,1H3/t11-,12-,13-/m1/s1. The highest BCUT2D eigenvalue weighted by Gasteiger charge is 2.33. The predicted octanol–water partition coefficient (Wildman–Crippen LogP) is -3.07. The van der Waals surface area contributed by atoms with Gasteiger partial charge in [0.1, 0.15) is 6.10 Å². The Hall–Kier alpha value is -1.20. The van der Waals surface area contributed by atoms with Crippen LogP contribution >= 0.6 is 0 Å². The van der Waals surface area contributed by atoms with Crippen molar-refractivity contribution >= 4 is 0 Å². The molecule has 1 heterocycles. The highest BCUT2D eigenvalue weighted by atomic mass is 16.5. The highest BCUT2D eigenvalue weighted by Crippen LogP contribution is 2.13. The highest BCUT2D eigenvalue weighted by molar-refractivity contribution is 5.06. The van der Waals surface area contributed by atoms with Gasteiger partial charge in [-0.05, 0) is 6.54 Å². The van der Waals surface area contributed by atoms with Gasteiger partial charge < -0.3 is 36.0 Å². The maximum Gasteiger partial charge on any atom is 0.197 e. The fraction of sp³-hybridized carbons (Fsp3) is 0.714. The lowest BCUT2D eigenvalue weighted by Crippen LogP contribution is -2.46. The molecule has 0 saturated heterocycles. The molecule has 0 unspecified atom stereocenters.